The predicted molar refractivity (Wildman–Crippen MR) is 82.9 cm³/mol. The fourth-order valence-corrected chi connectivity index (χ4v) is 1.91. The van der Waals surface area contributed by atoms with E-state index < -0.39 is 11.7 Å². The molecule has 21 heavy (non-hydrogen) atoms. The van der Waals surface area contributed by atoms with Crippen LogP contribution in [0.25, 0.3) is 0 Å². The molecule has 0 fully saturated rings. The Kier molecular flexibility index (Phi) is 5.21. The summed E-state index contributed by atoms with van der Waals surface area (Å²) in [6.45, 7) is 2.82. The van der Waals surface area contributed by atoms with Gasteiger partial charge in [0.25, 0.3) is 5.91 Å². The van der Waals surface area contributed by atoms with E-state index in [0.717, 1.165) is 13.0 Å². The maximum Gasteiger partial charge on any atom is 0.276 e. The van der Waals surface area contributed by atoms with Crippen molar-refractivity contribution in [1.29, 1.82) is 0 Å². The second-order valence-electron chi connectivity index (χ2n) is 4.31. The van der Waals surface area contributed by atoms with Crippen LogP contribution in [0.4, 0.5) is 15.9 Å². The van der Waals surface area contributed by atoms with E-state index in [4.69, 9.17) is 0 Å². The highest BCUT2D eigenvalue weighted by atomic mass is 79.9. The molecule has 0 atom stereocenters. The molecule has 0 radical (unpaired) electrons. The summed E-state index contributed by atoms with van der Waals surface area (Å²) in [6, 6.07) is 7.59. The number of nitrogens with zero attached hydrogens (tertiary/aromatic N) is 2. The third-order valence-electron chi connectivity index (χ3n) is 2.63. The summed E-state index contributed by atoms with van der Waals surface area (Å²) in [7, 11) is 0. The lowest BCUT2D eigenvalue weighted by Crippen LogP contribution is -2.15. The Morgan fingerprint density at radius 1 is 1.29 bits per heavy atom. The van der Waals surface area contributed by atoms with Crippen molar-refractivity contribution in [2.24, 2.45) is 0 Å². The number of anilines is 2. The number of amides is 1. The minimum absolute atomic E-state index is 0.0955. The summed E-state index contributed by atoms with van der Waals surface area (Å²) in [5.74, 6) is -0.430. The number of rotatable bonds is 5. The smallest absolute Gasteiger partial charge is 0.276 e. The van der Waals surface area contributed by atoms with Crippen LogP contribution in [0.3, 0.4) is 0 Å². The van der Waals surface area contributed by atoms with Gasteiger partial charge in [0, 0.05) is 11.0 Å². The number of carbonyl (C=O) groups excluding carboxylic acids is 1. The Balaban J connectivity index is 2.06. The molecule has 5 nitrogen and oxygen atoms in total. The van der Waals surface area contributed by atoms with Gasteiger partial charge in [-0.3, -0.25) is 4.79 Å². The van der Waals surface area contributed by atoms with Gasteiger partial charge in [-0.2, -0.15) is 0 Å². The van der Waals surface area contributed by atoms with Crippen LogP contribution in [0.5, 0.6) is 0 Å². The minimum atomic E-state index is -0.521. The highest BCUT2D eigenvalue weighted by Gasteiger charge is 2.11. The molecule has 110 valence electrons. The average Bonchev–Trinajstić information content (AvgIpc) is 2.48. The molecule has 0 aliphatic heterocycles. The van der Waals surface area contributed by atoms with E-state index in [1.807, 2.05) is 6.92 Å². The third-order valence-corrected chi connectivity index (χ3v) is 3.13. The molecule has 1 aromatic heterocycles. The maximum atomic E-state index is 13.6. The second-order valence-corrected chi connectivity index (χ2v) is 5.22. The zero-order valence-corrected chi connectivity index (χ0v) is 12.9. The number of hydrogen-bond acceptors (Lipinski definition) is 4. The molecule has 0 saturated heterocycles. The Morgan fingerprint density at radius 3 is 2.71 bits per heavy atom. The maximum absolute atomic E-state index is 13.6. The summed E-state index contributed by atoms with van der Waals surface area (Å²) in [6.07, 6.45) is 0.965. The van der Waals surface area contributed by atoms with Gasteiger partial charge in [-0.15, -0.1) is 10.2 Å². The topological polar surface area (TPSA) is 66.9 Å². The summed E-state index contributed by atoms with van der Waals surface area (Å²) >= 11 is 3.15. The van der Waals surface area contributed by atoms with Crippen molar-refractivity contribution in [3.63, 3.8) is 0 Å². The van der Waals surface area contributed by atoms with Gasteiger partial charge in [0.15, 0.2) is 5.69 Å². The van der Waals surface area contributed by atoms with E-state index in [1.165, 1.54) is 18.2 Å². The Bertz CT molecular complexity index is 633. The Morgan fingerprint density at radius 2 is 2.10 bits per heavy atom. The monoisotopic (exact) mass is 352 g/mol. The molecule has 1 amide bonds. The highest BCUT2D eigenvalue weighted by molar-refractivity contribution is 9.10. The van der Waals surface area contributed by atoms with E-state index in [2.05, 4.69) is 36.8 Å². The fourth-order valence-electron chi connectivity index (χ4n) is 1.58. The van der Waals surface area contributed by atoms with Gasteiger partial charge in [-0.05, 0) is 36.8 Å². The molecule has 0 spiro atoms. The summed E-state index contributed by atoms with van der Waals surface area (Å²) in [5.41, 5.74) is 0.220. The lowest BCUT2D eigenvalue weighted by molar-refractivity contribution is 0.102. The number of hydrogen-bond donors (Lipinski definition) is 2. The van der Waals surface area contributed by atoms with Gasteiger partial charge in [0.2, 0.25) is 0 Å². The molecule has 0 unspecified atom stereocenters. The minimum Gasteiger partial charge on any atom is -0.369 e. The third kappa shape index (κ3) is 4.22. The van der Waals surface area contributed by atoms with E-state index in [-0.39, 0.29) is 11.4 Å². The molecular weight excluding hydrogens is 339 g/mol. The molecule has 0 aliphatic rings. The van der Waals surface area contributed by atoms with Crippen molar-refractivity contribution in [3.05, 3.63) is 46.3 Å². The molecule has 7 heteroatoms. The molecular formula is C14H14BrFN4O. The van der Waals surface area contributed by atoms with Gasteiger partial charge < -0.3 is 10.6 Å². The lowest BCUT2D eigenvalue weighted by atomic mass is 10.3. The number of aromatic nitrogens is 2. The molecule has 0 bridgehead atoms. The van der Waals surface area contributed by atoms with Crippen molar-refractivity contribution in [1.82, 2.24) is 10.2 Å². The quantitative estimate of drug-likeness (QED) is 0.864. The van der Waals surface area contributed by atoms with Crippen LogP contribution in [0.2, 0.25) is 0 Å². The first kappa shape index (κ1) is 15.4. The first-order chi connectivity index (χ1) is 10.1. The zero-order valence-electron chi connectivity index (χ0n) is 11.4. The molecule has 2 rings (SSSR count). The van der Waals surface area contributed by atoms with Crippen LogP contribution in [-0.2, 0) is 0 Å². The number of carbonyl (C=O) groups is 1. The first-order valence-corrected chi connectivity index (χ1v) is 7.23. The van der Waals surface area contributed by atoms with Crippen LogP contribution in [-0.4, -0.2) is 22.6 Å². The van der Waals surface area contributed by atoms with Crippen LogP contribution < -0.4 is 10.6 Å². The normalized spacial score (nSPS) is 10.2. The first-order valence-electron chi connectivity index (χ1n) is 6.44. The van der Waals surface area contributed by atoms with E-state index >= 15 is 0 Å². The van der Waals surface area contributed by atoms with Gasteiger partial charge in [-0.1, -0.05) is 22.9 Å². The van der Waals surface area contributed by atoms with Gasteiger partial charge >= 0.3 is 0 Å². The van der Waals surface area contributed by atoms with E-state index in [1.54, 1.807) is 12.1 Å². The largest absolute Gasteiger partial charge is 0.369 e. The fraction of sp³-hybridized carbons (Fsp3) is 0.214. The van der Waals surface area contributed by atoms with Gasteiger partial charge in [0.05, 0.1) is 5.69 Å². The van der Waals surface area contributed by atoms with Crippen molar-refractivity contribution < 1.29 is 9.18 Å². The summed E-state index contributed by atoms with van der Waals surface area (Å²) < 4.78 is 14.2. The van der Waals surface area contributed by atoms with Crippen molar-refractivity contribution in [3.8, 4) is 0 Å². The van der Waals surface area contributed by atoms with Crippen LogP contribution >= 0.6 is 15.9 Å². The number of nitrogens with one attached hydrogen (secondary N) is 2. The second kappa shape index (κ2) is 7.12. The Labute approximate surface area is 130 Å². The summed E-state index contributed by atoms with van der Waals surface area (Å²) in [4.78, 5) is 12.0. The van der Waals surface area contributed by atoms with E-state index in [0.29, 0.717) is 10.3 Å². The van der Waals surface area contributed by atoms with Gasteiger partial charge in [-0.25, -0.2) is 4.39 Å². The van der Waals surface area contributed by atoms with Crippen LogP contribution in [0, 0.1) is 5.82 Å². The molecule has 1 heterocycles. The zero-order chi connectivity index (χ0) is 15.2. The SMILES string of the molecule is CCCNc1ccc(C(=O)Nc2ccc(Br)cc2F)nn1. The van der Waals surface area contributed by atoms with E-state index in [9.17, 15) is 9.18 Å². The molecule has 2 N–H and O–H groups in total. The number of halogens is 2. The van der Waals surface area contributed by atoms with Crippen molar-refractivity contribution in [2.45, 2.75) is 13.3 Å². The van der Waals surface area contributed by atoms with Crippen molar-refractivity contribution >= 4 is 33.3 Å². The predicted octanol–water partition coefficient (Wildman–Crippen LogP) is 3.45. The van der Waals surface area contributed by atoms with Crippen LogP contribution in [0.1, 0.15) is 23.8 Å². The molecule has 1 aromatic carbocycles. The molecule has 0 aliphatic carbocycles. The number of benzene rings is 1. The van der Waals surface area contributed by atoms with Gasteiger partial charge in [0.1, 0.15) is 11.6 Å². The average molecular weight is 353 g/mol. The van der Waals surface area contributed by atoms with Crippen molar-refractivity contribution in [2.75, 3.05) is 17.2 Å². The lowest BCUT2D eigenvalue weighted by Gasteiger charge is -2.07. The molecule has 2 aromatic rings. The molecule has 0 saturated carbocycles. The van der Waals surface area contributed by atoms with Crippen LogP contribution in [0.15, 0.2) is 34.8 Å². The standard InChI is InChI=1S/C14H14BrFN4O/c1-2-7-17-13-6-5-12(19-20-13)14(21)18-11-4-3-9(15)8-10(11)16/h3-6,8H,2,7H2,1H3,(H,17,20)(H,18,21). The highest BCUT2D eigenvalue weighted by Crippen LogP contribution is 2.19. The Hall–Kier alpha value is -2.02. The summed E-state index contributed by atoms with van der Waals surface area (Å²) in [5, 5.41) is 13.2.